The first-order valence-electron chi connectivity index (χ1n) is 5.47. The molecule has 3 aromatic rings. The van der Waals surface area contributed by atoms with Crippen LogP contribution in [0.25, 0.3) is 22.0 Å². The molecule has 0 aliphatic heterocycles. The maximum absolute atomic E-state index is 5.84. The molecule has 3 heteroatoms. The molecule has 0 atom stereocenters. The van der Waals surface area contributed by atoms with E-state index in [0.29, 0.717) is 5.82 Å². The minimum Gasteiger partial charge on any atom is -0.384 e. The van der Waals surface area contributed by atoms with E-state index in [4.69, 9.17) is 5.73 Å². The zero-order valence-corrected chi connectivity index (χ0v) is 11.9. The number of aromatic nitrogens is 1. The molecule has 91 valence electrons. The van der Waals surface area contributed by atoms with Crippen LogP contribution >= 0.6 is 0 Å². The molecular weight excluding hydrogens is 400 g/mol. The molecule has 0 saturated carbocycles. The quantitative estimate of drug-likeness (QED) is 0.625. The standard InChI is InChI=1S/C15H11N2.Ir/c16-14-10-12-8-4-5-9-13(12)15(17-14)11-6-2-1-3-7-11;/h1-6,8-10H,(H2,16,17);/q-1;. The molecule has 0 saturated heterocycles. The van der Waals surface area contributed by atoms with Crippen LogP contribution in [-0.4, -0.2) is 4.98 Å². The van der Waals surface area contributed by atoms with E-state index in [0.717, 1.165) is 22.0 Å². The van der Waals surface area contributed by atoms with E-state index in [-0.39, 0.29) is 20.1 Å². The summed E-state index contributed by atoms with van der Waals surface area (Å²) in [6.07, 6.45) is 0. The zero-order valence-electron chi connectivity index (χ0n) is 9.55. The molecule has 0 aliphatic rings. The molecule has 3 rings (SSSR count). The van der Waals surface area contributed by atoms with Crippen molar-refractivity contribution in [3.05, 3.63) is 60.7 Å². The van der Waals surface area contributed by atoms with Crippen molar-refractivity contribution in [2.75, 3.05) is 5.73 Å². The topological polar surface area (TPSA) is 38.9 Å². The number of nitrogens with two attached hydrogens (primary N) is 1. The Hall–Kier alpha value is -1.70. The first-order chi connectivity index (χ1) is 8.34. The zero-order chi connectivity index (χ0) is 11.7. The van der Waals surface area contributed by atoms with Crippen molar-refractivity contribution in [3.8, 4) is 11.3 Å². The third kappa shape index (κ3) is 2.28. The van der Waals surface area contributed by atoms with E-state index in [1.165, 1.54) is 0 Å². The SMILES string of the molecule is Nc1cc2ccccc2c(-c2[c-]cccc2)n1.[Ir]. The van der Waals surface area contributed by atoms with Crippen LogP contribution in [-0.2, 0) is 20.1 Å². The Labute approximate surface area is 119 Å². The van der Waals surface area contributed by atoms with Gasteiger partial charge in [-0.2, -0.15) is 0 Å². The fraction of sp³-hybridized carbons (Fsp3) is 0. The van der Waals surface area contributed by atoms with Gasteiger partial charge < -0.3 is 5.73 Å². The largest absolute Gasteiger partial charge is 0.384 e. The van der Waals surface area contributed by atoms with Crippen LogP contribution in [0.15, 0.2) is 54.6 Å². The molecule has 0 bridgehead atoms. The summed E-state index contributed by atoms with van der Waals surface area (Å²) in [7, 11) is 0. The fourth-order valence-electron chi connectivity index (χ4n) is 1.97. The number of rotatable bonds is 1. The second kappa shape index (κ2) is 5.30. The van der Waals surface area contributed by atoms with Crippen molar-refractivity contribution < 1.29 is 20.1 Å². The third-order valence-corrected chi connectivity index (χ3v) is 2.72. The van der Waals surface area contributed by atoms with Gasteiger partial charge in [-0.25, -0.2) is 0 Å². The Bertz CT molecular complexity index is 666. The van der Waals surface area contributed by atoms with Crippen LogP contribution in [0.3, 0.4) is 0 Å². The number of pyridine rings is 1. The Morgan fingerprint density at radius 2 is 1.78 bits per heavy atom. The van der Waals surface area contributed by atoms with E-state index >= 15 is 0 Å². The molecule has 1 aromatic heterocycles. The van der Waals surface area contributed by atoms with Gasteiger partial charge in [0.25, 0.3) is 0 Å². The fourth-order valence-corrected chi connectivity index (χ4v) is 1.97. The molecule has 18 heavy (non-hydrogen) atoms. The molecule has 2 N–H and O–H groups in total. The van der Waals surface area contributed by atoms with Gasteiger partial charge in [0.05, 0.1) is 0 Å². The molecule has 0 fully saturated rings. The van der Waals surface area contributed by atoms with Crippen LogP contribution in [0, 0.1) is 6.07 Å². The van der Waals surface area contributed by atoms with Crippen LogP contribution in [0.2, 0.25) is 0 Å². The first kappa shape index (κ1) is 12.7. The van der Waals surface area contributed by atoms with Gasteiger partial charge in [0.1, 0.15) is 5.82 Å². The Balaban J connectivity index is 0.00000120. The monoisotopic (exact) mass is 412 g/mol. The van der Waals surface area contributed by atoms with Gasteiger partial charge >= 0.3 is 0 Å². The predicted octanol–water partition coefficient (Wildman–Crippen LogP) is 3.28. The van der Waals surface area contributed by atoms with Gasteiger partial charge in [0.15, 0.2) is 0 Å². The average molecular weight is 411 g/mol. The van der Waals surface area contributed by atoms with Crippen LogP contribution < -0.4 is 5.73 Å². The smallest absolute Gasteiger partial charge is 0.114 e. The number of anilines is 1. The van der Waals surface area contributed by atoms with E-state index in [2.05, 4.69) is 17.1 Å². The van der Waals surface area contributed by atoms with E-state index in [1.54, 1.807) is 0 Å². The van der Waals surface area contributed by atoms with Crippen molar-refractivity contribution in [2.45, 2.75) is 0 Å². The molecule has 0 unspecified atom stereocenters. The number of nitrogen functional groups attached to an aromatic ring is 1. The summed E-state index contributed by atoms with van der Waals surface area (Å²) in [5.41, 5.74) is 7.70. The second-order valence-corrected chi connectivity index (χ2v) is 3.89. The molecule has 1 radical (unpaired) electrons. The third-order valence-electron chi connectivity index (χ3n) is 2.72. The van der Waals surface area contributed by atoms with Gasteiger partial charge in [-0.1, -0.05) is 24.3 Å². The number of nitrogens with zero attached hydrogens (tertiary/aromatic N) is 1. The number of hydrogen-bond acceptors (Lipinski definition) is 2. The Morgan fingerprint density at radius 3 is 2.56 bits per heavy atom. The summed E-state index contributed by atoms with van der Waals surface area (Å²) in [4.78, 5) is 4.42. The average Bonchev–Trinajstić information content (AvgIpc) is 2.39. The van der Waals surface area contributed by atoms with E-state index in [9.17, 15) is 0 Å². The molecule has 0 spiro atoms. The minimum absolute atomic E-state index is 0. The number of benzene rings is 2. The maximum atomic E-state index is 5.84. The molecule has 2 aromatic carbocycles. The molecule has 2 nitrogen and oxygen atoms in total. The van der Waals surface area contributed by atoms with Crippen molar-refractivity contribution in [2.24, 2.45) is 0 Å². The van der Waals surface area contributed by atoms with Gasteiger partial charge in [0.2, 0.25) is 0 Å². The van der Waals surface area contributed by atoms with Gasteiger partial charge in [-0.15, -0.1) is 35.9 Å². The summed E-state index contributed by atoms with van der Waals surface area (Å²) in [5.74, 6) is 0.538. The van der Waals surface area contributed by atoms with Crippen LogP contribution in [0.5, 0.6) is 0 Å². The van der Waals surface area contributed by atoms with Gasteiger partial charge in [-0.05, 0) is 22.5 Å². The minimum atomic E-state index is 0. The summed E-state index contributed by atoms with van der Waals surface area (Å²) in [6, 6.07) is 21.0. The van der Waals surface area contributed by atoms with Crippen molar-refractivity contribution in [3.63, 3.8) is 0 Å². The van der Waals surface area contributed by atoms with Crippen molar-refractivity contribution >= 4 is 16.6 Å². The predicted molar refractivity (Wildman–Crippen MR) is 70.4 cm³/mol. The Morgan fingerprint density at radius 1 is 1.00 bits per heavy atom. The van der Waals surface area contributed by atoms with Crippen molar-refractivity contribution in [1.29, 1.82) is 0 Å². The summed E-state index contributed by atoms with van der Waals surface area (Å²) >= 11 is 0. The van der Waals surface area contributed by atoms with Crippen molar-refractivity contribution in [1.82, 2.24) is 4.98 Å². The Kier molecular flexibility index (Phi) is 3.75. The number of fused-ring (bicyclic) bond motifs is 1. The van der Waals surface area contributed by atoms with Gasteiger partial charge in [0, 0.05) is 20.1 Å². The first-order valence-corrected chi connectivity index (χ1v) is 5.47. The normalized spacial score (nSPS) is 10.0. The van der Waals surface area contributed by atoms with Crippen LogP contribution in [0.1, 0.15) is 0 Å². The summed E-state index contributed by atoms with van der Waals surface area (Å²) in [5, 5.41) is 2.21. The molecule has 0 amide bonds. The van der Waals surface area contributed by atoms with E-state index in [1.807, 2.05) is 48.5 Å². The maximum Gasteiger partial charge on any atom is 0.114 e. The second-order valence-electron chi connectivity index (χ2n) is 3.89. The van der Waals surface area contributed by atoms with Crippen LogP contribution in [0.4, 0.5) is 5.82 Å². The molecule has 1 heterocycles. The van der Waals surface area contributed by atoms with Gasteiger partial charge in [-0.3, -0.25) is 4.98 Å². The molecule has 0 aliphatic carbocycles. The summed E-state index contributed by atoms with van der Waals surface area (Å²) < 4.78 is 0. The number of hydrogen-bond donors (Lipinski definition) is 1. The molecular formula is C15H11IrN2-. The summed E-state index contributed by atoms with van der Waals surface area (Å²) in [6.45, 7) is 0. The van der Waals surface area contributed by atoms with E-state index < -0.39 is 0 Å².